The lowest BCUT2D eigenvalue weighted by Crippen LogP contribution is -2.35. The quantitative estimate of drug-likeness (QED) is 0.795. The molecule has 1 saturated heterocycles. The van der Waals surface area contributed by atoms with Gasteiger partial charge < -0.3 is 14.1 Å². The molecule has 0 unspecified atom stereocenters. The number of alkyl halides is 3. The zero-order chi connectivity index (χ0) is 19.3. The minimum absolute atomic E-state index is 0.163. The van der Waals surface area contributed by atoms with Gasteiger partial charge in [-0.25, -0.2) is 4.98 Å². The molecule has 2 aromatic rings. The predicted molar refractivity (Wildman–Crippen MR) is 90.3 cm³/mol. The summed E-state index contributed by atoms with van der Waals surface area (Å²) in [5.74, 6) is 0.530. The Morgan fingerprint density at radius 1 is 1.19 bits per heavy atom. The normalized spacial score (nSPS) is 16.2. The molecule has 0 aliphatic carbocycles. The molecule has 3 heterocycles. The molecule has 9 heteroatoms. The lowest BCUT2D eigenvalue weighted by atomic mass is 10.2. The van der Waals surface area contributed by atoms with Crippen molar-refractivity contribution in [2.24, 2.45) is 0 Å². The number of hydrogen-bond acceptors (Lipinski definition) is 5. The molecule has 27 heavy (non-hydrogen) atoms. The van der Waals surface area contributed by atoms with Crippen LogP contribution < -0.4 is 4.74 Å². The largest absolute Gasteiger partial charge is 0.468 e. The van der Waals surface area contributed by atoms with Gasteiger partial charge in [0, 0.05) is 38.4 Å². The second-order valence-electron chi connectivity index (χ2n) is 6.29. The number of aromatic nitrogens is 1. The zero-order valence-electron chi connectivity index (χ0n) is 14.6. The van der Waals surface area contributed by atoms with Crippen molar-refractivity contribution in [2.45, 2.75) is 19.1 Å². The van der Waals surface area contributed by atoms with Gasteiger partial charge in [-0.05, 0) is 24.6 Å². The fourth-order valence-corrected chi connectivity index (χ4v) is 2.89. The highest BCUT2D eigenvalue weighted by atomic mass is 19.4. The molecular formula is C18H20F3N3O3. The van der Waals surface area contributed by atoms with Crippen LogP contribution >= 0.6 is 0 Å². The van der Waals surface area contributed by atoms with Crippen molar-refractivity contribution in [3.63, 3.8) is 0 Å². The second kappa shape index (κ2) is 8.43. The van der Waals surface area contributed by atoms with Gasteiger partial charge in [-0.15, -0.1) is 0 Å². The van der Waals surface area contributed by atoms with E-state index < -0.39 is 12.8 Å². The van der Waals surface area contributed by atoms with Crippen molar-refractivity contribution in [3.05, 3.63) is 48.0 Å². The van der Waals surface area contributed by atoms with E-state index in [-0.39, 0.29) is 11.8 Å². The number of rotatable bonds is 5. The number of carbonyl (C=O) groups excluding carboxylic acids is 1. The Morgan fingerprint density at radius 2 is 2.04 bits per heavy atom. The number of furan rings is 1. The molecule has 1 aliphatic heterocycles. The van der Waals surface area contributed by atoms with E-state index in [1.165, 1.54) is 18.3 Å². The number of halogens is 3. The second-order valence-corrected chi connectivity index (χ2v) is 6.29. The minimum Gasteiger partial charge on any atom is -0.468 e. The van der Waals surface area contributed by atoms with E-state index in [0.717, 1.165) is 18.7 Å². The van der Waals surface area contributed by atoms with Gasteiger partial charge in [0.05, 0.1) is 18.4 Å². The Kier molecular flexibility index (Phi) is 6.00. The number of ether oxygens (including phenoxy) is 1. The van der Waals surface area contributed by atoms with E-state index in [0.29, 0.717) is 31.7 Å². The average Bonchev–Trinajstić information content (AvgIpc) is 3.03. The van der Waals surface area contributed by atoms with E-state index in [4.69, 9.17) is 4.42 Å². The van der Waals surface area contributed by atoms with Crippen LogP contribution in [0, 0.1) is 0 Å². The van der Waals surface area contributed by atoms with Gasteiger partial charge >= 0.3 is 6.18 Å². The summed E-state index contributed by atoms with van der Waals surface area (Å²) in [6, 6.07) is 6.48. The van der Waals surface area contributed by atoms with Crippen LogP contribution in [0.2, 0.25) is 0 Å². The first-order valence-corrected chi connectivity index (χ1v) is 8.60. The lowest BCUT2D eigenvalue weighted by molar-refractivity contribution is -0.154. The average molecular weight is 383 g/mol. The third kappa shape index (κ3) is 5.72. The summed E-state index contributed by atoms with van der Waals surface area (Å²) in [6.07, 6.45) is -0.714. The van der Waals surface area contributed by atoms with Crippen molar-refractivity contribution in [2.75, 3.05) is 32.8 Å². The predicted octanol–water partition coefficient (Wildman–Crippen LogP) is 2.96. The van der Waals surface area contributed by atoms with Crippen molar-refractivity contribution in [3.8, 4) is 5.88 Å². The van der Waals surface area contributed by atoms with E-state index in [9.17, 15) is 18.0 Å². The molecule has 1 aliphatic rings. The molecule has 6 nitrogen and oxygen atoms in total. The minimum atomic E-state index is -4.43. The molecule has 0 aromatic carbocycles. The van der Waals surface area contributed by atoms with Crippen LogP contribution in [0.5, 0.6) is 5.88 Å². The molecule has 1 fully saturated rings. The highest BCUT2D eigenvalue weighted by molar-refractivity contribution is 5.94. The smallest absolute Gasteiger partial charge is 0.422 e. The van der Waals surface area contributed by atoms with Crippen molar-refractivity contribution in [1.29, 1.82) is 0 Å². The van der Waals surface area contributed by atoms with Crippen LogP contribution in [0.15, 0.2) is 41.1 Å². The summed E-state index contributed by atoms with van der Waals surface area (Å²) in [5, 5.41) is 0. The van der Waals surface area contributed by atoms with Gasteiger partial charge in [-0.1, -0.05) is 0 Å². The Bertz CT molecular complexity index is 733. The SMILES string of the molecule is O=C(c1ccc(OCC(F)(F)F)nc1)N1CCCN(Cc2ccco2)CC1. The maximum atomic E-state index is 12.6. The van der Waals surface area contributed by atoms with Crippen molar-refractivity contribution in [1.82, 2.24) is 14.8 Å². The highest BCUT2D eigenvalue weighted by Gasteiger charge is 2.28. The van der Waals surface area contributed by atoms with E-state index >= 15 is 0 Å². The molecule has 146 valence electrons. The zero-order valence-corrected chi connectivity index (χ0v) is 14.6. The molecule has 0 bridgehead atoms. The number of carbonyl (C=O) groups is 1. The summed E-state index contributed by atoms with van der Waals surface area (Å²) in [5.41, 5.74) is 0.328. The number of amides is 1. The third-order valence-electron chi connectivity index (χ3n) is 4.20. The summed E-state index contributed by atoms with van der Waals surface area (Å²) < 4.78 is 46.4. The summed E-state index contributed by atoms with van der Waals surface area (Å²) in [6.45, 7) is 2.03. The van der Waals surface area contributed by atoms with Crippen LogP contribution in [0.4, 0.5) is 13.2 Å². The number of pyridine rings is 1. The molecule has 3 rings (SSSR count). The maximum absolute atomic E-state index is 12.6. The third-order valence-corrected chi connectivity index (χ3v) is 4.20. The Hall–Kier alpha value is -2.55. The van der Waals surface area contributed by atoms with Crippen LogP contribution in [0.3, 0.4) is 0 Å². The van der Waals surface area contributed by atoms with Gasteiger partial charge in [-0.2, -0.15) is 13.2 Å². The lowest BCUT2D eigenvalue weighted by Gasteiger charge is -2.21. The molecule has 0 saturated carbocycles. The first kappa shape index (κ1) is 19.2. The topological polar surface area (TPSA) is 58.8 Å². The number of hydrogen-bond donors (Lipinski definition) is 0. The first-order valence-electron chi connectivity index (χ1n) is 8.60. The van der Waals surface area contributed by atoms with E-state index in [1.54, 1.807) is 11.2 Å². The van der Waals surface area contributed by atoms with Crippen molar-refractivity contribution < 1.29 is 27.1 Å². The van der Waals surface area contributed by atoms with Gasteiger partial charge in [0.1, 0.15) is 5.76 Å². The Balaban J connectivity index is 1.54. The van der Waals surface area contributed by atoms with Crippen LogP contribution in [-0.2, 0) is 6.54 Å². The first-order chi connectivity index (χ1) is 12.9. The molecule has 2 aromatic heterocycles. The van der Waals surface area contributed by atoms with Gasteiger partial charge in [0.15, 0.2) is 6.61 Å². The molecule has 0 atom stereocenters. The van der Waals surface area contributed by atoms with Gasteiger partial charge in [0.25, 0.3) is 5.91 Å². The summed E-state index contributed by atoms with van der Waals surface area (Å²) >= 11 is 0. The maximum Gasteiger partial charge on any atom is 0.422 e. The fourth-order valence-electron chi connectivity index (χ4n) is 2.89. The van der Waals surface area contributed by atoms with Crippen LogP contribution in [-0.4, -0.2) is 59.7 Å². The monoisotopic (exact) mass is 383 g/mol. The molecule has 1 amide bonds. The number of nitrogens with zero attached hydrogens (tertiary/aromatic N) is 3. The summed E-state index contributed by atoms with van der Waals surface area (Å²) in [4.78, 5) is 20.4. The van der Waals surface area contributed by atoms with E-state index in [2.05, 4.69) is 14.6 Å². The molecule has 0 spiro atoms. The van der Waals surface area contributed by atoms with Crippen LogP contribution in [0.1, 0.15) is 22.5 Å². The summed E-state index contributed by atoms with van der Waals surface area (Å²) in [7, 11) is 0. The van der Waals surface area contributed by atoms with E-state index in [1.807, 2.05) is 12.1 Å². The molecule has 0 radical (unpaired) electrons. The Labute approximate surface area is 154 Å². The van der Waals surface area contributed by atoms with Crippen LogP contribution in [0.25, 0.3) is 0 Å². The molecule has 0 N–H and O–H groups in total. The fraction of sp³-hybridized carbons (Fsp3) is 0.444. The van der Waals surface area contributed by atoms with Gasteiger partial charge in [-0.3, -0.25) is 9.69 Å². The highest BCUT2D eigenvalue weighted by Crippen LogP contribution is 2.18. The van der Waals surface area contributed by atoms with Crippen molar-refractivity contribution >= 4 is 5.91 Å². The van der Waals surface area contributed by atoms with Gasteiger partial charge in [0.2, 0.25) is 5.88 Å². The standard InChI is InChI=1S/C18H20F3N3O3/c19-18(20,21)13-27-16-5-4-14(11-22-16)17(25)24-7-2-6-23(8-9-24)12-15-3-1-10-26-15/h1,3-5,10-11H,2,6-9,12-13H2. The Morgan fingerprint density at radius 3 is 2.70 bits per heavy atom. The molecular weight excluding hydrogens is 363 g/mol.